The van der Waals surface area contributed by atoms with Crippen LogP contribution in [0.2, 0.25) is 0 Å². The van der Waals surface area contributed by atoms with Crippen LogP contribution in [0.4, 0.5) is 5.82 Å². The lowest BCUT2D eigenvalue weighted by atomic mass is 9.94. The number of rotatable bonds is 3. The number of hydrogen-bond acceptors (Lipinski definition) is 5. The van der Waals surface area contributed by atoms with Crippen LogP contribution in [0.25, 0.3) is 0 Å². The van der Waals surface area contributed by atoms with Crippen LogP contribution in [0.15, 0.2) is 12.3 Å². The second-order valence-corrected chi connectivity index (χ2v) is 4.13. The summed E-state index contributed by atoms with van der Waals surface area (Å²) in [4.78, 5) is 8.32. The molecule has 0 atom stereocenters. The van der Waals surface area contributed by atoms with Gasteiger partial charge in [0, 0.05) is 19.3 Å². The monoisotopic (exact) mass is 222 g/mol. The predicted molar refractivity (Wildman–Crippen MR) is 62.4 cm³/mol. The van der Waals surface area contributed by atoms with Crippen LogP contribution in [-0.4, -0.2) is 29.2 Å². The SMILES string of the molecule is CNc1ccnc(OC2CCC(N)CC2)n1. The van der Waals surface area contributed by atoms with Gasteiger partial charge in [-0.25, -0.2) is 4.98 Å². The number of nitrogens with zero attached hydrogens (tertiary/aromatic N) is 2. The van der Waals surface area contributed by atoms with E-state index in [-0.39, 0.29) is 6.10 Å². The maximum Gasteiger partial charge on any atom is 0.318 e. The molecular weight excluding hydrogens is 204 g/mol. The molecule has 0 saturated heterocycles. The molecule has 2 rings (SSSR count). The van der Waals surface area contributed by atoms with E-state index < -0.39 is 0 Å². The zero-order valence-electron chi connectivity index (χ0n) is 9.52. The predicted octanol–water partition coefficient (Wildman–Crippen LogP) is 1.17. The van der Waals surface area contributed by atoms with Gasteiger partial charge in [-0.1, -0.05) is 0 Å². The third kappa shape index (κ3) is 2.82. The fourth-order valence-electron chi connectivity index (χ4n) is 1.89. The van der Waals surface area contributed by atoms with Crippen molar-refractivity contribution in [2.45, 2.75) is 37.8 Å². The van der Waals surface area contributed by atoms with Crippen LogP contribution in [0.1, 0.15) is 25.7 Å². The summed E-state index contributed by atoms with van der Waals surface area (Å²) >= 11 is 0. The van der Waals surface area contributed by atoms with E-state index in [0.717, 1.165) is 31.5 Å². The maximum atomic E-state index is 5.84. The maximum absolute atomic E-state index is 5.84. The van der Waals surface area contributed by atoms with Gasteiger partial charge >= 0.3 is 6.01 Å². The minimum absolute atomic E-state index is 0.215. The van der Waals surface area contributed by atoms with Crippen LogP contribution in [0, 0.1) is 0 Å². The van der Waals surface area contributed by atoms with Crippen molar-refractivity contribution in [3.05, 3.63) is 12.3 Å². The lowest BCUT2D eigenvalue weighted by molar-refractivity contribution is 0.135. The summed E-state index contributed by atoms with van der Waals surface area (Å²) in [5, 5.41) is 2.96. The highest BCUT2D eigenvalue weighted by Crippen LogP contribution is 2.21. The highest BCUT2D eigenvalue weighted by molar-refractivity contribution is 5.32. The first-order chi connectivity index (χ1) is 7.78. The van der Waals surface area contributed by atoms with Crippen molar-refractivity contribution in [2.75, 3.05) is 12.4 Å². The minimum atomic E-state index is 0.215. The number of nitrogens with two attached hydrogens (primary N) is 1. The summed E-state index contributed by atoms with van der Waals surface area (Å²) in [6, 6.07) is 2.60. The minimum Gasteiger partial charge on any atom is -0.460 e. The van der Waals surface area contributed by atoms with E-state index in [1.807, 2.05) is 13.1 Å². The van der Waals surface area contributed by atoms with Crippen LogP contribution in [0.5, 0.6) is 6.01 Å². The molecule has 1 fully saturated rings. The number of aromatic nitrogens is 2. The Bertz CT molecular complexity index is 337. The fourth-order valence-corrected chi connectivity index (χ4v) is 1.89. The first-order valence-corrected chi connectivity index (χ1v) is 5.71. The summed E-state index contributed by atoms with van der Waals surface area (Å²) in [6.45, 7) is 0. The zero-order valence-corrected chi connectivity index (χ0v) is 9.52. The molecule has 1 aromatic heterocycles. The van der Waals surface area contributed by atoms with Crippen LogP contribution in [0.3, 0.4) is 0 Å². The van der Waals surface area contributed by atoms with E-state index >= 15 is 0 Å². The van der Waals surface area contributed by atoms with E-state index in [1.54, 1.807) is 6.20 Å². The standard InChI is InChI=1S/C11H18N4O/c1-13-10-6-7-14-11(15-10)16-9-4-2-8(12)3-5-9/h6-9H,2-5,12H2,1H3,(H,13,14,15). The molecule has 5 nitrogen and oxygen atoms in total. The Balaban J connectivity index is 1.93. The van der Waals surface area contributed by atoms with E-state index in [0.29, 0.717) is 12.1 Å². The van der Waals surface area contributed by atoms with Crippen molar-refractivity contribution in [3.63, 3.8) is 0 Å². The first kappa shape index (κ1) is 11.1. The van der Waals surface area contributed by atoms with Crippen molar-refractivity contribution in [3.8, 4) is 6.01 Å². The molecular formula is C11H18N4O. The van der Waals surface area contributed by atoms with Gasteiger partial charge in [0.15, 0.2) is 0 Å². The summed E-state index contributed by atoms with van der Waals surface area (Å²) < 4.78 is 5.73. The van der Waals surface area contributed by atoms with Crippen LogP contribution < -0.4 is 15.8 Å². The van der Waals surface area contributed by atoms with Gasteiger partial charge in [0.1, 0.15) is 11.9 Å². The summed E-state index contributed by atoms with van der Waals surface area (Å²) in [5.74, 6) is 0.775. The Morgan fingerprint density at radius 1 is 1.38 bits per heavy atom. The molecule has 0 aromatic carbocycles. The molecule has 0 unspecified atom stereocenters. The van der Waals surface area contributed by atoms with Crippen molar-refractivity contribution >= 4 is 5.82 Å². The zero-order chi connectivity index (χ0) is 11.4. The Morgan fingerprint density at radius 2 is 2.12 bits per heavy atom. The first-order valence-electron chi connectivity index (χ1n) is 5.71. The van der Waals surface area contributed by atoms with Crippen LogP contribution in [-0.2, 0) is 0 Å². The topological polar surface area (TPSA) is 73.1 Å². The third-order valence-corrected chi connectivity index (χ3v) is 2.88. The van der Waals surface area contributed by atoms with E-state index in [2.05, 4.69) is 15.3 Å². The lowest BCUT2D eigenvalue weighted by Gasteiger charge is -2.25. The van der Waals surface area contributed by atoms with E-state index in [9.17, 15) is 0 Å². The molecule has 1 saturated carbocycles. The quantitative estimate of drug-likeness (QED) is 0.803. The second kappa shape index (κ2) is 5.12. The highest BCUT2D eigenvalue weighted by Gasteiger charge is 2.20. The fraction of sp³-hybridized carbons (Fsp3) is 0.636. The summed E-state index contributed by atoms with van der Waals surface area (Å²) in [6.07, 6.45) is 5.95. The smallest absolute Gasteiger partial charge is 0.318 e. The highest BCUT2D eigenvalue weighted by atomic mass is 16.5. The molecule has 88 valence electrons. The molecule has 1 aromatic rings. The van der Waals surface area contributed by atoms with Crippen molar-refractivity contribution in [1.82, 2.24) is 9.97 Å². The number of anilines is 1. The average molecular weight is 222 g/mol. The molecule has 0 amide bonds. The molecule has 0 spiro atoms. The number of ether oxygens (including phenoxy) is 1. The molecule has 1 heterocycles. The molecule has 1 aliphatic carbocycles. The Kier molecular flexibility index (Phi) is 3.56. The van der Waals surface area contributed by atoms with E-state index in [4.69, 9.17) is 10.5 Å². The molecule has 0 bridgehead atoms. The summed E-state index contributed by atoms with van der Waals surface area (Å²) in [7, 11) is 1.83. The Labute approximate surface area is 95.4 Å². The van der Waals surface area contributed by atoms with Gasteiger partial charge < -0.3 is 15.8 Å². The van der Waals surface area contributed by atoms with E-state index in [1.165, 1.54) is 0 Å². The third-order valence-electron chi connectivity index (χ3n) is 2.88. The normalized spacial score (nSPS) is 25.1. The van der Waals surface area contributed by atoms with Gasteiger partial charge in [-0.2, -0.15) is 4.98 Å². The molecule has 16 heavy (non-hydrogen) atoms. The molecule has 0 radical (unpaired) electrons. The number of nitrogens with one attached hydrogen (secondary N) is 1. The lowest BCUT2D eigenvalue weighted by Crippen LogP contribution is -2.32. The van der Waals surface area contributed by atoms with Crippen LogP contribution >= 0.6 is 0 Å². The second-order valence-electron chi connectivity index (χ2n) is 4.13. The molecule has 3 N–H and O–H groups in total. The van der Waals surface area contributed by atoms with Gasteiger partial charge in [-0.3, -0.25) is 0 Å². The molecule has 5 heteroatoms. The van der Waals surface area contributed by atoms with Crippen molar-refractivity contribution < 1.29 is 4.74 Å². The largest absolute Gasteiger partial charge is 0.460 e. The molecule has 0 aliphatic heterocycles. The van der Waals surface area contributed by atoms with Crippen molar-refractivity contribution in [1.29, 1.82) is 0 Å². The summed E-state index contributed by atoms with van der Waals surface area (Å²) in [5.41, 5.74) is 5.84. The van der Waals surface area contributed by atoms with Gasteiger partial charge in [0.25, 0.3) is 0 Å². The van der Waals surface area contributed by atoms with Gasteiger partial charge in [0.05, 0.1) is 0 Å². The number of hydrogen-bond donors (Lipinski definition) is 2. The van der Waals surface area contributed by atoms with Crippen molar-refractivity contribution in [2.24, 2.45) is 5.73 Å². The van der Waals surface area contributed by atoms with Gasteiger partial charge in [0.2, 0.25) is 0 Å². The molecule has 1 aliphatic rings. The average Bonchev–Trinajstić information content (AvgIpc) is 2.32. The Morgan fingerprint density at radius 3 is 2.81 bits per heavy atom. The van der Waals surface area contributed by atoms with Gasteiger partial charge in [-0.15, -0.1) is 0 Å². The Hall–Kier alpha value is -1.36. The van der Waals surface area contributed by atoms with Gasteiger partial charge in [-0.05, 0) is 31.7 Å².